The molecule has 1 aliphatic carbocycles. The van der Waals surface area contributed by atoms with Crippen molar-refractivity contribution in [2.24, 2.45) is 0 Å². The lowest BCUT2D eigenvalue weighted by atomic mass is 10.00. The van der Waals surface area contributed by atoms with Crippen LogP contribution in [0.5, 0.6) is 0 Å². The molecule has 0 saturated carbocycles. The van der Waals surface area contributed by atoms with Crippen molar-refractivity contribution in [2.75, 3.05) is 0 Å². The Morgan fingerprint density at radius 3 is 2.15 bits per heavy atom. The molecule has 1 amide bonds. The van der Waals surface area contributed by atoms with Crippen molar-refractivity contribution >= 4 is 5.91 Å². The number of carbonyl (C=O) groups is 1. The summed E-state index contributed by atoms with van der Waals surface area (Å²) in [6.45, 7) is 1.97. The van der Waals surface area contributed by atoms with Gasteiger partial charge in [0.2, 0.25) is 5.91 Å². The maximum absolute atomic E-state index is 12.3. The molecule has 0 aliphatic heterocycles. The maximum atomic E-state index is 12.3. The summed E-state index contributed by atoms with van der Waals surface area (Å²) in [6, 6.07) is 18.6. The molecule has 1 unspecified atom stereocenters. The molecule has 20 heavy (non-hydrogen) atoms. The zero-order valence-electron chi connectivity index (χ0n) is 11.7. The molecule has 1 atom stereocenters. The lowest BCUT2D eigenvalue weighted by molar-refractivity contribution is -0.122. The predicted molar refractivity (Wildman–Crippen MR) is 80.6 cm³/mol. The lowest BCUT2D eigenvalue weighted by Crippen LogP contribution is -2.37. The first-order valence-electron chi connectivity index (χ1n) is 7.16. The van der Waals surface area contributed by atoms with Crippen LogP contribution in [0, 0.1) is 0 Å². The molecule has 2 aromatic rings. The summed E-state index contributed by atoms with van der Waals surface area (Å²) in [6.07, 6.45) is 1.90. The van der Waals surface area contributed by atoms with Crippen LogP contribution < -0.4 is 5.32 Å². The van der Waals surface area contributed by atoms with Gasteiger partial charge in [-0.05, 0) is 36.5 Å². The molecule has 3 rings (SSSR count). The van der Waals surface area contributed by atoms with Gasteiger partial charge in [0.05, 0.1) is 5.92 Å². The van der Waals surface area contributed by atoms with Gasteiger partial charge in [-0.3, -0.25) is 4.79 Å². The van der Waals surface area contributed by atoms with Crippen LogP contribution in [-0.2, 0) is 17.6 Å². The Kier molecular flexibility index (Phi) is 3.55. The Morgan fingerprint density at radius 2 is 1.55 bits per heavy atom. The van der Waals surface area contributed by atoms with Gasteiger partial charge >= 0.3 is 0 Å². The predicted octanol–water partition coefficient (Wildman–Crippen LogP) is 3.07. The minimum absolute atomic E-state index is 0.0973. The van der Waals surface area contributed by atoms with E-state index in [2.05, 4.69) is 29.6 Å². The van der Waals surface area contributed by atoms with Gasteiger partial charge in [-0.15, -0.1) is 0 Å². The molecule has 1 N–H and O–H groups in total. The van der Waals surface area contributed by atoms with Crippen LogP contribution in [0.3, 0.4) is 0 Å². The monoisotopic (exact) mass is 265 g/mol. The zero-order valence-corrected chi connectivity index (χ0v) is 11.7. The molecular formula is C18H19NO. The fourth-order valence-corrected chi connectivity index (χ4v) is 2.88. The number of hydrogen-bond donors (Lipinski definition) is 1. The van der Waals surface area contributed by atoms with Crippen molar-refractivity contribution in [3.63, 3.8) is 0 Å². The molecule has 2 heteroatoms. The molecule has 0 spiro atoms. The molecule has 102 valence electrons. The van der Waals surface area contributed by atoms with E-state index < -0.39 is 0 Å². The van der Waals surface area contributed by atoms with Gasteiger partial charge in [-0.25, -0.2) is 0 Å². The van der Waals surface area contributed by atoms with E-state index in [1.54, 1.807) is 0 Å². The fraction of sp³-hybridized carbons (Fsp3) is 0.278. The van der Waals surface area contributed by atoms with E-state index in [1.165, 1.54) is 11.1 Å². The van der Waals surface area contributed by atoms with Crippen LogP contribution in [0.25, 0.3) is 0 Å². The van der Waals surface area contributed by atoms with Crippen molar-refractivity contribution in [2.45, 2.75) is 31.7 Å². The Labute approximate surface area is 119 Å². The van der Waals surface area contributed by atoms with Crippen molar-refractivity contribution in [3.8, 4) is 0 Å². The number of carbonyl (C=O) groups excluding carboxylic acids is 1. The van der Waals surface area contributed by atoms with E-state index in [1.807, 2.05) is 37.3 Å². The molecule has 0 heterocycles. The molecule has 0 aromatic heterocycles. The second-order valence-corrected chi connectivity index (χ2v) is 5.51. The van der Waals surface area contributed by atoms with E-state index >= 15 is 0 Å². The summed E-state index contributed by atoms with van der Waals surface area (Å²) < 4.78 is 0. The maximum Gasteiger partial charge on any atom is 0.227 e. The third-order valence-corrected chi connectivity index (χ3v) is 4.09. The molecule has 0 bridgehead atoms. The molecule has 1 aliphatic rings. The molecular weight excluding hydrogens is 246 g/mol. The minimum Gasteiger partial charge on any atom is -0.352 e. The highest BCUT2D eigenvalue weighted by molar-refractivity contribution is 5.83. The third kappa shape index (κ3) is 2.60. The van der Waals surface area contributed by atoms with Crippen molar-refractivity contribution in [1.29, 1.82) is 0 Å². The summed E-state index contributed by atoms with van der Waals surface area (Å²) in [5.74, 6) is 0.0221. The number of nitrogens with one attached hydrogen (secondary N) is 1. The number of fused-ring (bicyclic) bond motifs is 1. The molecule has 0 radical (unpaired) electrons. The fourth-order valence-electron chi connectivity index (χ4n) is 2.88. The normalized spacial score (nSPS) is 15.7. The SMILES string of the molecule is CC(C(=O)NC1Cc2ccccc2C1)c1ccccc1. The highest BCUT2D eigenvalue weighted by atomic mass is 16.1. The topological polar surface area (TPSA) is 29.1 Å². The van der Waals surface area contributed by atoms with Crippen molar-refractivity contribution in [1.82, 2.24) is 5.32 Å². The number of amides is 1. The summed E-state index contributed by atoms with van der Waals surface area (Å²) in [4.78, 5) is 12.3. The van der Waals surface area contributed by atoms with Crippen LogP contribution in [-0.4, -0.2) is 11.9 Å². The standard InChI is InChI=1S/C18H19NO/c1-13(14-7-3-2-4-8-14)18(20)19-17-11-15-9-5-6-10-16(15)12-17/h2-10,13,17H,11-12H2,1H3,(H,19,20). The molecule has 2 aromatic carbocycles. The molecule has 0 fully saturated rings. The van der Waals surface area contributed by atoms with E-state index in [0.29, 0.717) is 0 Å². The molecule has 2 nitrogen and oxygen atoms in total. The summed E-state index contributed by atoms with van der Waals surface area (Å²) in [7, 11) is 0. The summed E-state index contributed by atoms with van der Waals surface area (Å²) >= 11 is 0. The Morgan fingerprint density at radius 1 is 1.00 bits per heavy atom. The largest absolute Gasteiger partial charge is 0.352 e. The molecule has 0 saturated heterocycles. The summed E-state index contributed by atoms with van der Waals surface area (Å²) in [5, 5.41) is 3.19. The average Bonchev–Trinajstić information content (AvgIpc) is 2.89. The van der Waals surface area contributed by atoms with E-state index in [4.69, 9.17) is 0 Å². The first kappa shape index (κ1) is 12.9. The number of rotatable bonds is 3. The number of hydrogen-bond acceptors (Lipinski definition) is 1. The van der Waals surface area contributed by atoms with Crippen LogP contribution >= 0.6 is 0 Å². The van der Waals surface area contributed by atoms with Gasteiger partial charge in [0, 0.05) is 6.04 Å². The van der Waals surface area contributed by atoms with E-state index in [9.17, 15) is 4.79 Å². The van der Waals surface area contributed by atoms with E-state index in [0.717, 1.165) is 18.4 Å². The average molecular weight is 265 g/mol. The first-order chi connectivity index (χ1) is 9.74. The van der Waals surface area contributed by atoms with Crippen LogP contribution in [0.2, 0.25) is 0 Å². The van der Waals surface area contributed by atoms with Gasteiger partial charge in [0.25, 0.3) is 0 Å². The van der Waals surface area contributed by atoms with Gasteiger partial charge in [0.1, 0.15) is 0 Å². The Balaban J connectivity index is 1.64. The van der Waals surface area contributed by atoms with E-state index in [-0.39, 0.29) is 17.9 Å². The number of benzene rings is 2. The van der Waals surface area contributed by atoms with Gasteiger partial charge < -0.3 is 5.32 Å². The second kappa shape index (κ2) is 5.49. The highest BCUT2D eigenvalue weighted by Crippen LogP contribution is 2.23. The first-order valence-corrected chi connectivity index (χ1v) is 7.16. The van der Waals surface area contributed by atoms with Crippen molar-refractivity contribution in [3.05, 3.63) is 71.3 Å². The van der Waals surface area contributed by atoms with Gasteiger partial charge in [-0.2, -0.15) is 0 Å². The third-order valence-electron chi connectivity index (χ3n) is 4.09. The summed E-state index contributed by atoms with van der Waals surface area (Å²) in [5.41, 5.74) is 3.80. The zero-order chi connectivity index (χ0) is 13.9. The Bertz CT molecular complexity index is 581. The Hall–Kier alpha value is -2.09. The van der Waals surface area contributed by atoms with Crippen molar-refractivity contribution < 1.29 is 4.79 Å². The van der Waals surface area contributed by atoms with Gasteiger partial charge in [-0.1, -0.05) is 54.6 Å². The quantitative estimate of drug-likeness (QED) is 0.908. The van der Waals surface area contributed by atoms with Crippen LogP contribution in [0.4, 0.5) is 0 Å². The van der Waals surface area contributed by atoms with Gasteiger partial charge in [0.15, 0.2) is 0 Å². The highest BCUT2D eigenvalue weighted by Gasteiger charge is 2.24. The lowest BCUT2D eigenvalue weighted by Gasteiger charge is -2.17. The second-order valence-electron chi connectivity index (χ2n) is 5.51. The smallest absolute Gasteiger partial charge is 0.227 e. The van der Waals surface area contributed by atoms with Crippen LogP contribution in [0.1, 0.15) is 29.5 Å². The minimum atomic E-state index is -0.0973. The van der Waals surface area contributed by atoms with Crippen LogP contribution in [0.15, 0.2) is 54.6 Å².